The van der Waals surface area contributed by atoms with Crippen LogP contribution in [0, 0.1) is 0 Å². The Morgan fingerprint density at radius 1 is 1.31 bits per heavy atom. The maximum absolute atomic E-state index is 11.1. The Morgan fingerprint density at radius 2 is 2.00 bits per heavy atom. The van der Waals surface area contributed by atoms with Gasteiger partial charge in [0, 0.05) is 19.0 Å². The molecule has 0 radical (unpaired) electrons. The van der Waals surface area contributed by atoms with E-state index in [-0.39, 0.29) is 11.8 Å². The number of carbonyl (C=O) groups excluding carboxylic acids is 2. The van der Waals surface area contributed by atoms with Crippen LogP contribution < -0.4 is 10.6 Å². The fraction of sp³-hybridized carbons (Fsp3) is 0.273. The summed E-state index contributed by atoms with van der Waals surface area (Å²) in [5.41, 5.74) is 1.15. The highest BCUT2D eigenvalue weighted by Gasteiger charge is 2.04. The van der Waals surface area contributed by atoms with Crippen molar-refractivity contribution in [2.24, 2.45) is 0 Å². The third kappa shape index (κ3) is 3.55. The quantitative estimate of drug-likeness (QED) is 0.853. The van der Waals surface area contributed by atoms with E-state index in [2.05, 4.69) is 10.6 Å². The molecule has 16 heavy (non-hydrogen) atoms. The highest BCUT2D eigenvalue weighted by molar-refractivity contribution is 6.34. The lowest BCUT2D eigenvalue weighted by Crippen LogP contribution is -2.10. The monoisotopic (exact) mass is 240 g/mol. The fourth-order valence-corrected chi connectivity index (χ4v) is 1.36. The zero-order valence-corrected chi connectivity index (χ0v) is 9.89. The van der Waals surface area contributed by atoms with E-state index in [4.69, 9.17) is 11.6 Å². The summed E-state index contributed by atoms with van der Waals surface area (Å²) < 4.78 is 0. The second kappa shape index (κ2) is 5.51. The van der Waals surface area contributed by atoms with Crippen LogP contribution in [0.25, 0.3) is 0 Å². The third-order valence-corrected chi connectivity index (χ3v) is 2.20. The van der Waals surface area contributed by atoms with Gasteiger partial charge in [0.15, 0.2) is 0 Å². The predicted octanol–water partition coefficient (Wildman–Crippen LogP) is 2.65. The molecule has 0 saturated heterocycles. The number of hydrogen-bond acceptors (Lipinski definition) is 2. The van der Waals surface area contributed by atoms with Gasteiger partial charge in [0.05, 0.1) is 10.7 Å². The van der Waals surface area contributed by atoms with Crippen molar-refractivity contribution in [1.82, 2.24) is 0 Å². The lowest BCUT2D eigenvalue weighted by molar-refractivity contribution is -0.116. The minimum Gasteiger partial charge on any atom is -0.326 e. The smallest absolute Gasteiger partial charge is 0.224 e. The molecule has 86 valence electrons. The molecular weight excluding hydrogens is 228 g/mol. The standard InChI is InChI=1S/C11H13ClN2O2/c1-3-11(16)14-8-4-5-10(9(12)6-8)13-7(2)15/h4-6H,3H2,1-2H3,(H,13,15)(H,14,16). The first-order valence-electron chi connectivity index (χ1n) is 4.90. The predicted molar refractivity (Wildman–Crippen MR) is 64.7 cm³/mol. The number of carbonyl (C=O) groups is 2. The van der Waals surface area contributed by atoms with E-state index in [9.17, 15) is 9.59 Å². The van der Waals surface area contributed by atoms with Crippen molar-refractivity contribution in [1.29, 1.82) is 0 Å². The second-order valence-electron chi connectivity index (χ2n) is 3.28. The molecule has 0 unspecified atom stereocenters. The number of amides is 2. The molecule has 0 bridgehead atoms. The SMILES string of the molecule is CCC(=O)Nc1ccc(NC(C)=O)c(Cl)c1. The van der Waals surface area contributed by atoms with Gasteiger partial charge in [-0.2, -0.15) is 0 Å². The van der Waals surface area contributed by atoms with Crippen molar-refractivity contribution in [3.05, 3.63) is 23.2 Å². The average Bonchev–Trinajstić information content (AvgIpc) is 2.21. The number of anilines is 2. The molecule has 0 aliphatic carbocycles. The Labute approximate surface area is 99.0 Å². The molecule has 2 amide bonds. The van der Waals surface area contributed by atoms with Crippen LogP contribution in [0.3, 0.4) is 0 Å². The van der Waals surface area contributed by atoms with Crippen LogP contribution in [-0.2, 0) is 9.59 Å². The molecule has 0 spiro atoms. The van der Waals surface area contributed by atoms with Gasteiger partial charge < -0.3 is 10.6 Å². The van der Waals surface area contributed by atoms with Crippen molar-refractivity contribution in [3.8, 4) is 0 Å². The summed E-state index contributed by atoms with van der Waals surface area (Å²) in [5, 5.41) is 5.65. The van der Waals surface area contributed by atoms with E-state index < -0.39 is 0 Å². The molecule has 1 aromatic carbocycles. The molecule has 1 aromatic rings. The Kier molecular flexibility index (Phi) is 4.31. The Balaban J connectivity index is 2.82. The van der Waals surface area contributed by atoms with Crippen LogP contribution >= 0.6 is 11.6 Å². The molecular formula is C11H13ClN2O2. The maximum atomic E-state index is 11.1. The molecule has 4 nitrogen and oxygen atoms in total. The van der Waals surface area contributed by atoms with Gasteiger partial charge in [-0.15, -0.1) is 0 Å². The summed E-state index contributed by atoms with van der Waals surface area (Å²) in [6.07, 6.45) is 0.408. The summed E-state index contributed by atoms with van der Waals surface area (Å²) in [6.45, 7) is 3.17. The van der Waals surface area contributed by atoms with Crippen LogP contribution in [0.4, 0.5) is 11.4 Å². The highest BCUT2D eigenvalue weighted by atomic mass is 35.5. The molecule has 0 saturated carbocycles. The minimum atomic E-state index is -0.188. The van der Waals surface area contributed by atoms with E-state index in [1.165, 1.54) is 6.92 Å². The summed E-state index contributed by atoms with van der Waals surface area (Å²) in [5.74, 6) is -0.268. The van der Waals surface area contributed by atoms with Gasteiger partial charge in [0.1, 0.15) is 0 Å². The van der Waals surface area contributed by atoms with Crippen molar-refractivity contribution in [3.63, 3.8) is 0 Å². The maximum Gasteiger partial charge on any atom is 0.224 e. The number of rotatable bonds is 3. The van der Waals surface area contributed by atoms with E-state index in [1.54, 1.807) is 25.1 Å². The van der Waals surface area contributed by atoms with Gasteiger partial charge in [-0.1, -0.05) is 18.5 Å². The number of hydrogen-bond donors (Lipinski definition) is 2. The minimum absolute atomic E-state index is 0.0802. The second-order valence-corrected chi connectivity index (χ2v) is 3.68. The lowest BCUT2D eigenvalue weighted by Gasteiger charge is -2.08. The highest BCUT2D eigenvalue weighted by Crippen LogP contribution is 2.25. The fourth-order valence-electron chi connectivity index (χ4n) is 1.13. The van der Waals surface area contributed by atoms with Crippen LogP contribution in [0.1, 0.15) is 20.3 Å². The zero-order valence-electron chi connectivity index (χ0n) is 9.13. The first-order valence-corrected chi connectivity index (χ1v) is 5.27. The van der Waals surface area contributed by atoms with Gasteiger partial charge in [0.25, 0.3) is 0 Å². The molecule has 5 heteroatoms. The summed E-state index contributed by atoms with van der Waals surface area (Å²) in [7, 11) is 0. The number of halogens is 1. The molecule has 0 aliphatic rings. The summed E-state index contributed by atoms with van der Waals surface area (Å²) in [6, 6.07) is 4.93. The first-order chi connectivity index (χ1) is 7.52. The first kappa shape index (κ1) is 12.5. The van der Waals surface area contributed by atoms with Crippen molar-refractivity contribution in [2.45, 2.75) is 20.3 Å². The Bertz CT molecular complexity index is 418. The van der Waals surface area contributed by atoms with Gasteiger partial charge in [-0.25, -0.2) is 0 Å². The topological polar surface area (TPSA) is 58.2 Å². The summed E-state index contributed by atoms with van der Waals surface area (Å²) >= 11 is 5.93. The zero-order chi connectivity index (χ0) is 12.1. The molecule has 2 N–H and O–H groups in total. The van der Waals surface area contributed by atoms with Crippen LogP contribution in [0.15, 0.2) is 18.2 Å². The van der Waals surface area contributed by atoms with Gasteiger partial charge >= 0.3 is 0 Å². The van der Waals surface area contributed by atoms with Gasteiger partial charge in [-0.3, -0.25) is 9.59 Å². The molecule has 0 aliphatic heterocycles. The molecule has 0 atom stereocenters. The molecule has 1 rings (SSSR count). The van der Waals surface area contributed by atoms with Crippen molar-refractivity contribution >= 4 is 34.8 Å². The van der Waals surface area contributed by atoms with Crippen LogP contribution in [-0.4, -0.2) is 11.8 Å². The van der Waals surface area contributed by atoms with Gasteiger partial charge in [-0.05, 0) is 18.2 Å². The largest absolute Gasteiger partial charge is 0.326 e. The Hall–Kier alpha value is -1.55. The lowest BCUT2D eigenvalue weighted by atomic mass is 10.2. The average molecular weight is 241 g/mol. The Morgan fingerprint density at radius 3 is 2.50 bits per heavy atom. The van der Waals surface area contributed by atoms with E-state index >= 15 is 0 Å². The van der Waals surface area contributed by atoms with E-state index in [1.807, 2.05) is 0 Å². The van der Waals surface area contributed by atoms with E-state index in [0.29, 0.717) is 22.8 Å². The van der Waals surface area contributed by atoms with Gasteiger partial charge in [0.2, 0.25) is 11.8 Å². The molecule has 0 aromatic heterocycles. The van der Waals surface area contributed by atoms with Crippen LogP contribution in [0.5, 0.6) is 0 Å². The third-order valence-electron chi connectivity index (χ3n) is 1.88. The van der Waals surface area contributed by atoms with E-state index in [0.717, 1.165) is 0 Å². The molecule has 0 heterocycles. The van der Waals surface area contributed by atoms with Crippen LogP contribution in [0.2, 0.25) is 5.02 Å². The van der Waals surface area contributed by atoms with Crippen molar-refractivity contribution < 1.29 is 9.59 Å². The molecule has 0 fully saturated rings. The summed E-state index contributed by atoms with van der Waals surface area (Å²) in [4.78, 5) is 22.0. The number of nitrogens with one attached hydrogen (secondary N) is 2. The van der Waals surface area contributed by atoms with Crippen molar-refractivity contribution in [2.75, 3.05) is 10.6 Å². The normalized spacial score (nSPS) is 9.69. The number of benzene rings is 1.